The second kappa shape index (κ2) is 4.94. The van der Waals surface area contributed by atoms with Crippen LogP contribution in [0.5, 0.6) is 0 Å². The van der Waals surface area contributed by atoms with Crippen molar-refractivity contribution in [3.8, 4) is 16.8 Å². The second-order valence-corrected chi connectivity index (χ2v) is 4.36. The molecule has 19 heavy (non-hydrogen) atoms. The Kier molecular flexibility index (Phi) is 2.99. The van der Waals surface area contributed by atoms with E-state index in [0.717, 1.165) is 11.3 Å². The minimum atomic E-state index is 0.0236. The van der Waals surface area contributed by atoms with Crippen molar-refractivity contribution in [1.82, 2.24) is 4.57 Å². The summed E-state index contributed by atoms with van der Waals surface area (Å²) in [4.78, 5) is 11.1. The van der Waals surface area contributed by atoms with Gasteiger partial charge in [-0.25, -0.2) is 0 Å². The van der Waals surface area contributed by atoms with Crippen LogP contribution < -0.4 is 5.43 Å². The van der Waals surface area contributed by atoms with Crippen LogP contribution in [0.15, 0.2) is 83.9 Å². The third kappa shape index (κ3) is 2.47. The van der Waals surface area contributed by atoms with E-state index in [1.54, 1.807) is 24.5 Å². The Hall–Kier alpha value is -2.61. The number of hydrogen-bond acceptors (Lipinski definition) is 1. The molecule has 2 heteroatoms. The summed E-state index contributed by atoms with van der Waals surface area (Å²) in [7, 11) is 0. The first-order valence-corrected chi connectivity index (χ1v) is 6.17. The summed E-state index contributed by atoms with van der Waals surface area (Å²) in [5.41, 5.74) is 3.42. The summed E-state index contributed by atoms with van der Waals surface area (Å²) >= 11 is 0. The van der Waals surface area contributed by atoms with E-state index in [0.29, 0.717) is 0 Å². The molecule has 92 valence electrons. The lowest BCUT2D eigenvalue weighted by Crippen LogP contribution is -2.01. The number of rotatable bonds is 2. The Labute approximate surface area is 111 Å². The maximum absolute atomic E-state index is 11.1. The summed E-state index contributed by atoms with van der Waals surface area (Å²) in [5, 5.41) is 0. The van der Waals surface area contributed by atoms with Crippen LogP contribution in [-0.4, -0.2) is 4.57 Å². The monoisotopic (exact) mass is 247 g/mol. The molecule has 0 bridgehead atoms. The topological polar surface area (TPSA) is 22.0 Å². The van der Waals surface area contributed by atoms with E-state index in [1.165, 1.54) is 5.56 Å². The fourth-order valence-corrected chi connectivity index (χ4v) is 2.06. The van der Waals surface area contributed by atoms with Gasteiger partial charge in [0.15, 0.2) is 5.43 Å². The van der Waals surface area contributed by atoms with Crippen LogP contribution in [0.1, 0.15) is 0 Å². The molecular formula is C17H13NO. The third-order valence-corrected chi connectivity index (χ3v) is 3.05. The average molecular weight is 247 g/mol. The molecule has 2 nitrogen and oxygen atoms in total. The third-order valence-electron chi connectivity index (χ3n) is 3.05. The number of hydrogen-bond donors (Lipinski definition) is 0. The molecule has 3 rings (SSSR count). The van der Waals surface area contributed by atoms with Gasteiger partial charge in [0.2, 0.25) is 0 Å². The van der Waals surface area contributed by atoms with Crippen LogP contribution >= 0.6 is 0 Å². The molecule has 0 fully saturated rings. The Bertz CT molecular complexity index is 724. The first kappa shape index (κ1) is 11.5. The van der Waals surface area contributed by atoms with Crippen molar-refractivity contribution in [3.63, 3.8) is 0 Å². The Morgan fingerprint density at radius 1 is 0.684 bits per heavy atom. The first-order chi connectivity index (χ1) is 9.33. The summed E-state index contributed by atoms with van der Waals surface area (Å²) in [6, 6.07) is 21.6. The smallest absolute Gasteiger partial charge is 0.181 e. The molecule has 0 atom stereocenters. The largest absolute Gasteiger partial charge is 0.324 e. The lowest BCUT2D eigenvalue weighted by Gasteiger charge is -2.08. The van der Waals surface area contributed by atoms with Crippen LogP contribution in [0.3, 0.4) is 0 Å². The maximum Gasteiger partial charge on any atom is 0.181 e. The Morgan fingerprint density at radius 2 is 1.37 bits per heavy atom. The molecule has 3 aromatic rings. The quantitative estimate of drug-likeness (QED) is 0.679. The predicted molar refractivity (Wildman–Crippen MR) is 77.5 cm³/mol. The Morgan fingerprint density at radius 3 is 2.11 bits per heavy atom. The van der Waals surface area contributed by atoms with Gasteiger partial charge in [0.1, 0.15) is 0 Å². The highest BCUT2D eigenvalue weighted by Gasteiger charge is 1.99. The number of pyridine rings is 1. The molecule has 0 aliphatic heterocycles. The molecule has 1 aromatic heterocycles. The highest BCUT2D eigenvalue weighted by Crippen LogP contribution is 2.21. The van der Waals surface area contributed by atoms with Crippen molar-refractivity contribution in [2.24, 2.45) is 0 Å². The van der Waals surface area contributed by atoms with Crippen molar-refractivity contribution in [2.45, 2.75) is 0 Å². The van der Waals surface area contributed by atoms with Gasteiger partial charge < -0.3 is 4.57 Å². The molecule has 1 heterocycles. The molecule has 0 aliphatic carbocycles. The van der Waals surface area contributed by atoms with Gasteiger partial charge in [0.25, 0.3) is 0 Å². The van der Waals surface area contributed by atoms with E-state index in [-0.39, 0.29) is 5.43 Å². The first-order valence-electron chi connectivity index (χ1n) is 6.17. The molecule has 0 N–H and O–H groups in total. The second-order valence-electron chi connectivity index (χ2n) is 4.36. The fourth-order valence-electron chi connectivity index (χ4n) is 2.06. The molecule has 2 aromatic carbocycles. The molecule has 0 saturated heterocycles. The SMILES string of the molecule is O=c1ccn(-c2cccc(-c3ccccc3)c2)cc1. The van der Waals surface area contributed by atoms with E-state index >= 15 is 0 Å². The van der Waals surface area contributed by atoms with Crippen molar-refractivity contribution in [3.05, 3.63) is 89.3 Å². The molecule has 0 saturated carbocycles. The zero-order chi connectivity index (χ0) is 13.1. The van der Waals surface area contributed by atoms with Crippen LogP contribution in [0.25, 0.3) is 16.8 Å². The number of benzene rings is 2. The van der Waals surface area contributed by atoms with Crippen LogP contribution in [-0.2, 0) is 0 Å². The van der Waals surface area contributed by atoms with Gasteiger partial charge in [-0.2, -0.15) is 0 Å². The van der Waals surface area contributed by atoms with Crippen molar-refractivity contribution < 1.29 is 0 Å². The van der Waals surface area contributed by atoms with Gasteiger partial charge in [-0.3, -0.25) is 4.79 Å². The summed E-state index contributed by atoms with van der Waals surface area (Å²) in [5.74, 6) is 0. The van der Waals surface area contributed by atoms with Crippen molar-refractivity contribution in [1.29, 1.82) is 0 Å². The van der Waals surface area contributed by atoms with Gasteiger partial charge in [0, 0.05) is 30.2 Å². The summed E-state index contributed by atoms with van der Waals surface area (Å²) in [6.45, 7) is 0. The number of aromatic nitrogens is 1. The highest BCUT2D eigenvalue weighted by molar-refractivity contribution is 5.65. The van der Waals surface area contributed by atoms with Crippen LogP contribution in [0.2, 0.25) is 0 Å². The van der Waals surface area contributed by atoms with Crippen molar-refractivity contribution in [2.75, 3.05) is 0 Å². The van der Waals surface area contributed by atoms with E-state index in [9.17, 15) is 4.79 Å². The lowest BCUT2D eigenvalue weighted by atomic mass is 10.1. The van der Waals surface area contributed by atoms with Gasteiger partial charge in [-0.15, -0.1) is 0 Å². The summed E-state index contributed by atoms with van der Waals surface area (Å²) < 4.78 is 1.94. The molecule has 0 aliphatic rings. The molecule has 0 unspecified atom stereocenters. The van der Waals surface area contributed by atoms with Gasteiger partial charge in [-0.05, 0) is 23.3 Å². The van der Waals surface area contributed by atoms with E-state index in [2.05, 4.69) is 24.3 Å². The standard InChI is InChI=1S/C17H13NO/c19-17-9-11-18(12-10-17)16-8-4-7-15(13-16)14-5-2-1-3-6-14/h1-13H. The summed E-state index contributed by atoms with van der Waals surface area (Å²) in [6.07, 6.45) is 3.57. The molecule has 0 radical (unpaired) electrons. The molecule has 0 amide bonds. The zero-order valence-electron chi connectivity index (χ0n) is 10.4. The maximum atomic E-state index is 11.1. The Balaban J connectivity index is 2.05. The zero-order valence-corrected chi connectivity index (χ0v) is 10.4. The van der Waals surface area contributed by atoms with E-state index in [4.69, 9.17) is 0 Å². The van der Waals surface area contributed by atoms with E-state index in [1.807, 2.05) is 34.9 Å². The minimum absolute atomic E-state index is 0.0236. The number of nitrogens with zero attached hydrogens (tertiary/aromatic N) is 1. The average Bonchev–Trinajstić information content (AvgIpc) is 2.49. The normalized spacial score (nSPS) is 10.3. The van der Waals surface area contributed by atoms with Crippen LogP contribution in [0, 0.1) is 0 Å². The minimum Gasteiger partial charge on any atom is -0.324 e. The van der Waals surface area contributed by atoms with Gasteiger partial charge >= 0.3 is 0 Å². The fraction of sp³-hybridized carbons (Fsp3) is 0. The molecule has 0 spiro atoms. The van der Waals surface area contributed by atoms with Gasteiger partial charge in [-0.1, -0.05) is 42.5 Å². The van der Waals surface area contributed by atoms with E-state index < -0.39 is 0 Å². The van der Waals surface area contributed by atoms with Gasteiger partial charge in [0.05, 0.1) is 0 Å². The predicted octanol–water partition coefficient (Wildman–Crippen LogP) is 3.50. The van der Waals surface area contributed by atoms with Crippen molar-refractivity contribution >= 4 is 0 Å². The molecular weight excluding hydrogens is 234 g/mol. The van der Waals surface area contributed by atoms with Crippen LogP contribution in [0.4, 0.5) is 0 Å². The lowest BCUT2D eigenvalue weighted by molar-refractivity contribution is 1.04. The highest BCUT2D eigenvalue weighted by atomic mass is 16.1.